The number of unbranched alkanes of at least 4 members (excludes halogenated alkanes) is 1. The van der Waals surface area contributed by atoms with Crippen LogP contribution in [0, 0.1) is 0 Å². The molecule has 1 unspecified atom stereocenters. The van der Waals surface area contributed by atoms with Crippen molar-refractivity contribution in [3.63, 3.8) is 0 Å². The van der Waals surface area contributed by atoms with Crippen LogP contribution in [0.4, 0.5) is 13.2 Å². The molecule has 0 aromatic carbocycles. The Kier molecular flexibility index (Phi) is 5.70. The highest BCUT2D eigenvalue weighted by Gasteiger charge is 2.26. The molecule has 1 fully saturated rings. The van der Waals surface area contributed by atoms with Crippen LogP contribution in [-0.4, -0.2) is 44.4 Å². The summed E-state index contributed by atoms with van der Waals surface area (Å²) in [5.74, 6) is -0.260. The molecule has 17 heavy (non-hydrogen) atoms. The van der Waals surface area contributed by atoms with Crippen LogP contribution in [-0.2, 0) is 9.53 Å². The maximum absolute atomic E-state index is 11.8. The molecule has 4 nitrogen and oxygen atoms in total. The fraction of sp³-hybridized carbons (Fsp3) is 0.900. The van der Waals surface area contributed by atoms with Crippen LogP contribution in [0.5, 0.6) is 0 Å². The summed E-state index contributed by atoms with van der Waals surface area (Å²) in [6.07, 6.45) is -5.07. The first-order chi connectivity index (χ1) is 7.99. The van der Waals surface area contributed by atoms with Crippen molar-refractivity contribution in [1.29, 1.82) is 0 Å². The van der Waals surface area contributed by atoms with Gasteiger partial charge in [0.1, 0.15) is 6.10 Å². The van der Waals surface area contributed by atoms with Crippen LogP contribution in [0.15, 0.2) is 0 Å². The molecule has 0 saturated carbocycles. The number of nitrogens with one attached hydrogen (secondary N) is 2. The minimum absolute atomic E-state index is 0.0353. The van der Waals surface area contributed by atoms with Gasteiger partial charge in [0.05, 0.1) is 6.61 Å². The monoisotopic (exact) mass is 254 g/mol. The van der Waals surface area contributed by atoms with Crippen molar-refractivity contribution in [3.8, 4) is 0 Å². The Bertz CT molecular complexity index is 240. The van der Waals surface area contributed by atoms with E-state index in [4.69, 9.17) is 4.74 Å². The third-order valence-corrected chi connectivity index (χ3v) is 2.41. The molecule has 2 N–H and O–H groups in total. The number of hydrogen-bond donors (Lipinski definition) is 2. The Morgan fingerprint density at radius 1 is 1.41 bits per heavy atom. The van der Waals surface area contributed by atoms with Crippen molar-refractivity contribution in [1.82, 2.24) is 10.6 Å². The van der Waals surface area contributed by atoms with E-state index in [1.165, 1.54) is 0 Å². The molecule has 1 rings (SSSR count). The maximum Gasteiger partial charge on any atom is 0.389 e. The lowest BCUT2D eigenvalue weighted by molar-refractivity contribution is -0.135. The average Bonchev–Trinajstić information content (AvgIpc) is 2.28. The minimum Gasteiger partial charge on any atom is -0.366 e. The number of amides is 1. The Morgan fingerprint density at radius 3 is 2.76 bits per heavy atom. The van der Waals surface area contributed by atoms with Crippen molar-refractivity contribution in [2.24, 2.45) is 0 Å². The smallest absolute Gasteiger partial charge is 0.366 e. The first-order valence-electron chi connectivity index (χ1n) is 5.66. The lowest BCUT2D eigenvalue weighted by Gasteiger charge is -2.22. The highest BCUT2D eigenvalue weighted by atomic mass is 19.4. The summed E-state index contributed by atoms with van der Waals surface area (Å²) in [7, 11) is 0. The number of morpholine rings is 1. The Labute approximate surface area is 97.9 Å². The molecule has 100 valence electrons. The second-order valence-electron chi connectivity index (χ2n) is 3.93. The summed E-state index contributed by atoms with van der Waals surface area (Å²) in [6.45, 7) is 1.91. The molecule has 1 saturated heterocycles. The van der Waals surface area contributed by atoms with E-state index in [-0.39, 0.29) is 18.9 Å². The number of halogens is 3. The van der Waals surface area contributed by atoms with Gasteiger partial charge in [0, 0.05) is 26.1 Å². The Balaban J connectivity index is 2.04. The quantitative estimate of drug-likeness (QED) is 0.714. The molecule has 0 aromatic rings. The van der Waals surface area contributed by atoms with Gasteiger partial charge in [-0.15, -0.1) is 0 Å². The van der Waals surface area contributed by atoms with E-state index in [1.807, 2.05) is 0 Å². The van der Waals surface area contributed by atoms with E-state index in [9.17, 15) is 18.0 Å². The number of ether oxygens (including phenoxy) is 1. The number of rotatable bonds is 5. The predicted molar refractivity (Wildman–Crippen MR) is 55.5 cm³/mol. The van der Waals surface area contributed by atoms with Gasteiger partial charge in [-0.2, -0.15) is 13.2 Å². The van der Waals surface area contributed by atoms with E-state index in [2.05, 4.69) is 10.6 Å². The standard InChI is InChI=1S/C10H17F3N2O2/c11-10(12,13)3-1-2-4-15-9(16)8-7-14-5-6-17-8/h8,14H,1-7H2,(H,15,16). The van der Waals surface area contributed by atoms with E-state index < -0.39 is 18.7 Å². The largest absolute Gasteiger partial charge is 0.389 e. The zero-order valence-electron chi connectivity index (χ0n) is 9.48. The predicted octanol–water partition coefficient (Wildman–Crippen LogP) is 0.824. The van der Waals surface area contributed by atoms with Crippen LogP contribution in [0.3, 0.4) is 0 Å². The van der Waals surface area contributed by atoms with E-state index in [0.29, 0.717) is 19.6 Å². The van der Waals surface area contributed by atoms with Crippen molar-refractivity contribution in [3.05, 3.63) is 0 Å². The molecule has 0 spiro atoms. The Morgan fingerprint density at radius 2 is 2.18 bits per heavy atom. The molecule has 0 aromatic heterocycles. The fourth-order valence-corrected chi connectivity index (χ4v) is 1.51. The summed E-state index contributed by atoms with van der Waals surface area (Å²) in [5.41, 5.74) is 0. The average molecular weight is 254 g/mol. The fourth-order valence-electron chi connectivity index (χ4n) is 1.51. The van der Waals surface area contributed by atoms with Crippen molar-refractivity contribution < 1.29 is 22.7 Å². The molecular formula is C10H17F3N2O2. The summed E-state index contributed by atoms with van der Waals surface area (Å²) < 4.78 is 40.6. The number of carbonyl (C=O) groups excluding carboxylic acids is 1. The lowest BCUT2D eigenvalue weighted by Crippen LogP contribution is -2.48. The van der Waals surface area contributed by atoms with Gasteiger partial charge >= 0.3 is 6.18 Å². The molecule has 1 aliphatic heterocycles. The maximum atomic E-state index is 11.8. The van der Waals surface area contributed by atoms with Crippen molar-refractivity contribution in [2.75, 3.05) is 26.2 Å². The summed E-state index contributed by atoms with van der Waals surface area (Å²) in [6, 6.07) is 0. The van der Waals surface area contributed by atoms with Gasteiger partial charge in [-0.1, -0.05) is 0 Å². The van der Waals surface area contributed by atoms with E-state index in [0.717, 1.165) is 6.54 Å². The zero-order valence-corrected chi connectivity index (χ0v) is 9.48. The molecule has 1 heterocycles. The third-order valence-electron chi connectivity index (χ3n) is 2.41. The second-order valence-corrected chi connectivity index (χ2v) is 3.93. The molecule has 0 aliphatic carbocycles. The van der Waals surface area contributed by atoms with Gasteiger partial charge in [0.2, 0.25) is 5.91 Å². The number of hydrogen-bond acceptors (Lipinski definition) is 3. The van der Waals surface area contributed by atoms with Crippen molar-refractivity contribution in [2.45, 2.75) is 31.5 Å². The van der Waals surface area contributed by atoms with Gasteiger partial charge in [0.25, 0.3) is 0 Å². The zero-order chi connectivity index (χ0) is 12.7. The van der Waals surface area contributed by atoms with Crippen LogP contribution in [0.1, 0.15) is 19.3 Å². The van der Waals surface area contributed by atoms with Gasteiger partial charge in [0.15, 0.2) is 0 Å². The van der Waals surface area contributed by atoms with Gasteiger partial charge < -0.3 is 15.4 Å². The van der Waals surface area contributed by atoms with Crippen LogP contribution in [0.2, 0.25) is 0 Å². The Hall–Kier alpha value is -0.820. The van der Waals surface area contributed by atoms with Crippen LogP contribution < -0.4 is 10.6 Å². The molecule has 0 radical (unpaired) electrons. The minimum atomic E-state index is -4.11. The first-order valence-corrected chi connectivity index (χ1v) is 5.66. The van der Waals surface area contributed by atoms with E-state index >= 15 is 0 Å². The molecular weight excluding hydrogens is 237 g/mol. The summed E-state index contributed by atoms with van der Waals surface area (Å²) in [4.78, 5) is 11.5. The third kappa shape index (κ3) is 6.48. The van der Waals surface area contributed by atoms with Crippen molar-refractivity contribution >= 4 is 5.91 Å². The summed E-state index contributed by atoms with van der Waals surface area (Å²) >= 11 is 0. The molecule has 1 amide bonds. The normalized spacial score (nSPS) is 21.2. The molecule has 7 heteroatoms. The topological polar surface area (TPSA) is 50.4 Å². The second kappa shape index (κ2) is 6.80. The van der Waals surface area contributed by atoms with E-state index in [1.54, 1.807) is 0 Å². The first kappa shape index (κ1) is 14.2. The van der Waals surface area contributed by atoms with Gasteiger partial charge in [-0.05, 0) is 12.8 Å². The molecule has 1 atom stereocenters. The SMILES string of the molecule is O=C(NCCCCC(F)(F)F)C1CNCCO1. The van der Waals surface area contributed by atoms with Crippen LogP contribution in [0.25, 0.3) is 0 Å². The lowest BCUT2D eigenvalue weighted by atomic mass is 10.2. The highest BCUT2D eigenvalue weighted by molar-refractivity contribution is 5.81. The number of carbonyl (C=O) groups is 1. The summed E-state index contributed by atoms with van der Waals surface area (Å²) in [5, 5.41) is 5.57. The van der Waals surface area contributed by atoms with Gasteiger partial charge in [-0.25, -0.2) is 0 Å². The highest BCUT2D eigenvalue weighted by Crippen LogP contribution is 2.21. The molecule has 0 bridgehead atoms. The van der Waals surface area contributed by atoms with Gasteiger partial charge in [-0.3, -0.25) is 4.79 Å². The molecule has 1 aliphatic rings. The van der Waals surface area contributed by atoms with Crippen LogP contribution >= 0.6 is 0 Å². The number of alkyl halides is 3.